The number of fused-ring (bicyclic) bond motifs is 1. The van der Waals surface area contributed by atoms with Crippen molar-refractivity contribution in [3.63, 3.8) is 0 Å². The molecule has 0 aliphatic carbocycles. The summed E-state index contributed by atoms with van der Waals surface area (Å²) in [6, 6.07) is 11.1. The van der Waals surface area contributed by atoms with Crippen molar-refractivity contribution >= 4 is 40.4 Å². The van der Waals surface area contributed by atoms with Crippen LogP contribution < -0.4 is 5.32 Å². The van der Waals surface area contributed by atoms with E-state index in [4.69, 9.17) is 9.52 Å². The predicted octanol–water partition coefficient (Wildman–Crippen LogP) is 2.96. The first-order valence-corrected chi connectivity index (χ1v) is 7.86. The van der Waals surface area contributed by atoms with Crippen molar-refractivity contribution in [2.75, 3.05) is 11.1 Å². The third kappa shape index (κ3) is 3.49. The van der Waals surface area contributed by atoms with Crippen molar-refractivity contribution in [1.29, 1.82) is 0 Å². The van der Waals surface area contributed by atoms with Crippen LogP contribution in [0.4, 0.5) is 5.69 Å². The van der Waals surface area contributed by atoms with E-state index in [1.54, 1.807) is 6.07 Å². The van der Waals surface area contributed by atoms with Gasteiger partial charge in [0.05, 0.1) is 5.75 Å². The zero-order valence-electron chi connectivity index (χ0n) is 12.2. The Balaban J connectivity index is 1.63. The number of nitrogens with one attached hydrogen (secondary N) is 1. The normalized spacial score (nSPS) is 10.7. The molecule has 7 nitrogen and oxygen atoms in total. The number of anilines is 1. The molecule has 1 amide bonds. The number of aromatic nitrogens is 1. The van der Waals surface area contributed by atoms with Crippen LogP contribution in [-0.4, -0.2) is 32.8 Å². The van der Waals surface area contributed by atoms with Crippen LogP contribution in [0.2, 0.25) is 0 Å². The average Bonchev–Trinajstić information content (AvgIpc) is 2.97. The minimum Gasteiger partial charge on any atom is -0.507 e. The minimum atomic E-state index is -1.27. The van der Waals surface area contributed by atoms with E-state index in [0.29, 0.717) is 16.3 Å². The van der Waals surface area contributed by atoms with E-state index in [1.165, 1.54) is 18.2 Å². The number of aromatic hydroxyl groups is 1. The lowest BCUT2D eigenvalue weighted by Crippen LogP contribution is -2.14. The molecule has 2 aromatic carbocycles. The Morgan fingerprint density at radius 1 is 1.21 bits per heavy atom. The Bertz CT molecular complexity index is 889. The molecular weight excluding hydrogens is 332 g/mol. The maximum Gasteiger partial charge on any atom is 0.339 e. The van der Waals surface area contributed by atoms with E-state index in [0.717, 1.165) is 11.8 Å². The molecule has 3 N–H and O–H groups in total. The molecule has 0 fully saturated rings. The quantitative estimate of drug-likeness (QED) is 0.482. The van der Waals surface area contributed by atoms with Gasteiger partial charge in [-0.2, -0.15) is 0 Å². The molecular formula is C16H12N2O5S. The molecule has 1 aromatic heterocycles. The molecule has 0 spiro atoms. The van der Waals surface area contributed by atoms with Crippen molar-refractivity contribution in [2.24, 2.45) is 0 Å². The highest BCUT2D eigenvalue weighted by molar-refractivity contribution is 7.99. The molecule has 0 atom stereocenters. The molecule has 0 aliphatic rings. The highest BCUT2D eigenvalue weighted by atomic mass is 32.2. The molecule has 0 saturated heterocycles. The smallest absolute Gasteiger partial charge is 0.339 e. The maximum absolute atomic E-state index is 12.0. The molecule has 3 aromatic rings. The van der Waals surface area contributed by atoms with E-state index in [1.807, 2.05) is 18.2 Å². The van der Waals surface area contributed by atoms with E-state index < -0.39 is 5.97 Å². The molecule has 0 radical (unpaired) electrons. The lowest BCUT2D eigenvalue weighted by Gasteiger charge is -2.06. The summed E-state index contributed by atoms with van der Waals surface area (Å²) in [7, 11) is 0. The first-order chi connectivity index (χ1) is 11.5. The summed E-state index contributed by atoms with van der Waals surface area (Å²) in [4.78, 5) is 27.2. The minimum absolute atomic E-state index is 0.0517. The number of phenols is 1. The number of hydrogen-bond donors (Lipinski definition) is 3. The summed E-state index contributed by atoms with van der Waals surface area (Å²) in [6.07, 6.45) is 0. The van der Waals surface area contributed by atoms with Crippen molar-refractivity contribution in [3.8, 4) is 5.75 Å². The van der Waals surface area contributed by atoms with Crippen LogP contribution in [0.25, 0.3) is 11.1 Å². The van der Waals surface area contributed by atoms with E-state index in [-0.39, 0.29) is 28.7 Å². The van der Waals surface area contributed by atoms with Crippen LogP contribution in [0.5, 0.6) is 5.75 Å². The number of benzene rings is 2. The van der Waals surface area contributed by atoms with E-state index >= 15 is 0 Å². The van der Waals surface area contributed by atoms with Crippen LogP contribution in [0.15, 0.2) is 52.1 Å². The Morgan fingerprint density at radius 3 is 2.75 bits per heavy atom. The van der Waals surface area contributed by atoms with Gasteiger partial charge >= 0.3 is 5.97 Å². The van der Waals surface area contributed by atoms with Gasteiger partial charge in [-0.3, -0.25) is 4.79 Å². The van der Waals surface area contributed by atoms with E-state index in [2.05, 4.69) is 10.3 Å². The summed E-state index contributed by atoms with van der Waals surface area (Å²) < 4.78 is 5.50. The second-order valence-corrected chi connectivity index (χ2v) is 5.75. The van der Waals surface area contributed by atoms with Gasteiger partial charge in [0, 0.05) is 5.69 Å². The molecule has 1 heterocycles. The van der Waals surface area contributed by atoms with Crippen LogP contribution in [0.1, 0.15) is 10.4 Å². The van der Waals surface area contributed by atoms with Crippen molar-refractivity contribution < 1.29 is 24.2 Å². The number of oxazole rings is 1. The molecule has 122 valence electrons. The molecule has 0 aliphatic heterocycles. The summed E-state index contributed by atoms with van der Waals surface area (Å²) in [5.41, 5.74) is 1.36. The standard InChI is InChI=1S/C16H12N2O5S/c19-12-6-5-9(7-10(12)15(21)22)17-14(20)8-24-16-18-11-3-1-2-4-13(11)23-16/h1-7,19H,8H2,(H,17,20)(H,21,22). The zero-order chi connectivity index (χ0) is 17.1. The molecule has 24 heavy (non-hydrogen) atoms. The predicted molar refractivity (Wildman–Crippen MR) is 88.4 cm³/mol. The largest absolute Gasteiger partial charge is 0.507 e. The topological polar surface area (TPSA) is 113 Å². The number of hydrogen-bond acceptors (Lipinski definition) is 6. The number of carbonyl (C=O) groups excluding carboxylic acids is 1. The lowest BCUT2D eigenvalue weighted by molar-refractivity contribution is -0.113. The van der Waals surface area contributed by atoms with Gasteiger partial charge in [0.2, 0.25) is 5.91 Å². The second-order valence-electron chi connectivity index (χ2n) is 4.82. The van der Waals surface area contributed by atoms with Gasteiger partial charge in [0.1, 0.15) is 16.8 Å². The fourth-order valence-electron chi connectivity index (χ4n) is 2.02. The number of carbonyl (C=O) groups is 2. The first kappa shape index (κ1) is 15.9. The Hall–Kier alpha value is -3.00. The second kappa shape index (κ2) is 6.63. The maximum atomic E-state index is 12.0. The van der Waals surface area contributed by atoms with Crippen LogP contribution in [-0.2, 0) is 4.79 Å². The molecule has 0 saturated carbocycles. The third-order valence-electron chi connectivity index (χ3n) is 3.11. The number of thioether (sulfide) groups is 1. The van der Waals surface area contributed by atoms with Gasteiger partial charge in [0.25, 0.3) is 5.22 Å². The Labute approximate surface area is 140 Å². The van der Waals surface area contributed by atoms with Crippen LogP contribution in [0, 0.1) is 0 Å². The summed E-state index contributed by atoms with van der Waals surface area (Å²) in [5, 5.41) is 21.3. The van der Waals surface area contributed by atoms with E-state index in [9.17, 15) is 14.7 Å². The number of para-hydroxylation sites is 2. The van der Waals surface area contributed by atoms with Crippen molar-refractivity contribution in [1.82, 2.24) is 4.98 Å². The molecule has 3 rings (SSSR count). The number of carboxylic acids is 1. The zero-order valence-corrected chi connectivity index (χ0v) is 13.0. The molecule has 0 unspecified atom stereocenters. The number of rotatable bonds is 5. The Kier molecular flexibility index (Phi) is 4.39. The van der Waals surface area contributed by atoms with Gasteiger partial charge < -0.3 is 19.9 Å². The molecule has 8 heteroatoms. The van der Waals surface area contributed by atoms with Gasteiger partial charge in [-0.15, -0.1) is 0 Å². The highest BCUT2D eigenvalue weighted by Gasteiger charge is 2.13. The van der Waals surface area contributed by atoms with Gasteiger partial charge in [-0.05, 0) is 30.3 Å². The van der Waals surface area contributed by atoms with Gasteiger partial charge in [-0.25, -0.2) is 9.78 Å². The summed E-state index contributed by atoms with van der Waals surface area (Å²) in [6.45, 7) is 0. The molecule has 0 bridgehead atoms. The highest BCUT2D eigenvalue weighted by Crippen LogP contribution is 2.24. The van der Waals surface area contributed by atoms with Crippen molar-refractivity contribution in [3.05, 3.63) is 48.0 Å². The van der Waals surface area contributed by atoms with Crippen LogP contribution >= 0.6 is 11.8 Å². The SMILES string of the molecule is O=C(CSc1nc2ccccc2o1)Nc1ccc(O)c(C(=O)O)c1. The first-order valence-electron chi connectivity index (χ1n) is 6.87. The number of carboxylic acid groups (broad SMARTS) is 1. The monoisotopic (exact) mass is 344 g/mol. The van der Waals surface area contributed by atoms with Gasteiger partial charge in [0.15, 0.2) is 5.58 Å². The lowest BCUT2D eigenvalue weighted by atomic mass is 10.2. The fraction of sp³-hybridized carbons (Fsp3) is 0.0625. The number of nitrogens with zero attached hydrogens (tertiary/aromatic N) is 1. The average molecular weight is 344 g/mol. The van der Waals surface area contributed by atoms with Crippen molar-refractivity contribution in [2.45, 2.75) is 5.22 Å². The fourth-order valence-corrected chi connectivity index (χ4v) is 2.66. The van der Waals surface area contributed by atoms with Crippen LogP contribution in [0.3, 0.4) is 0 Å². The summed E-state index contributed by atoms with van der Waals surface area (Å²) in [5.74, 6) is -1.93. The number of amides is 1. The third-order valence-corrected chi connectivity index (χ3v) is 3.94. The van der Waals surface area contributed by atoms with Gasteiger partial charge in [-0.1, -0.05) is 23.9 Å². The summed E-state index contributed by atoms with van der Waals surface area (Å²) >= 11 is 1.13. The Morgan fingerprint density at radius 2 is 2.00 bits per heavy atom. The number of aromatic carboxylic acids is 1.